The van der Waals surface area contributed by atoms with Crippen LogP contribution in [0.15, 0.2) is 231 Å². The van der Waals surface area contributed by atoms with Crippen LogP contribution < -0.4 is 9.80 Å². The van der Waals surface area contributed by atoms with Gasteiger partial charge in [-0.2, -0.15) is 5.26 Å². The van der Waals surface area contributed by atoms with Crippen molar-refractivity contribution in [2.75, 3.05) is 9.80 Å². The first kappa shape index (κ1) is 45.0. The van der Waals surface area contributed by atoms with Crippen LogP contribution in [0.4, 0.5) is 34.1 Å². The lowest BCUT2D eigenvalue weighted by molar-refractivity contribution is 0.661. The molecule has 0 atom stereocenters. The molecule has 0 saturated carbocycles. The van der Waals surface area contributed by atoms with Crippen molar-refractivity contribution in [2.24, 2.45) is 0 Å². The number of nitrogens with zero attached hydrogens (tertiary/aromatic N) is 5. The highest BCUT2D eigenvalue weighted by atomic mass is 15.2. The lowest BCUT2D eigenvalue weighted by atomic mass is 9.81. The van der Waals surface area contributed by atoms with E-state index in [-0.39, 0.29) is 5.41 Å². The summed E-state index contributed by atoms with van der Waals surface area (Å²) < 4.78 is 4.76. The van der Waals surface area contributed by atoms with Gasteiger partial charge in [0.1, 0.15) is 0 Å². The second kappa shape index (κ2) is 17.2. The highest BCUT2D eigenvalue weighted by molar-refractivity contribution is 6.14. The third-order valence-corrected chi connectivity index (χ3v) is 16.2. The van der Waals surface area contributed by atoms with E-state index >= 15 is 0 Å². The van der Waals surface area contributed by atoms with E-state index in [4.69, 9.17) is 0 Å². The van der Waals surface area contributed by atoms with Gasteiger partial charge in [-0.1, -0.05) is 147 Å². The van der Waals surface area contributed by atoms with Gasteiger partial charge in [-0.3, -0.25) is 0 Å². The number of nitriles is 1. The Labute approximate surface area is 443 Å². The molecule has 362 valence electrons. The van der Waals surface area contributed by atoms with Gasteiger partial charge in [0, 0.05) is 72.2 Å². The molecule has 0 unspecified atom stereocenters. The maximum atomic E-state index is 9.71. The first-order chi connectivity index (χ1) is 37.2. The molecule has 5 heteroatoms. The summed E-state index contributed by atoms with van der Waals surface area (Å²) in [6.07, 6.45) is 0. The molecule has 1 aliphatic rings. The number of anilines is 6. The van der Waals surface area contributed by atoms with Gasteiger partial charge in [-0.25, -0.2) is 0 Å². The molecule has 14 rings (SSSR count). The van der Waals surface area contributed by atoms with Gasteiger partial charge < -0.3 is 18.9 Å². The molecule has 0 amide bonds. The van der Waals surface area contributed by atoms with E-state index in [1.165, 1.54) is 82.3 Å². The van der Waals surface area contributed by atoms with Gasteiger partial charge in [0.15, 0.2) is 0 Å². The average Bonchev–Trinajstić information content (AvgIpc) is 4.16. The van der Waals surface area contributed by atoms with Crippen molar-refractivity contribution in [1.29, 1.82) is 5.26 Å². The van der Waals surface area contributed by atoms with E-state index in [1.807, 2.05) is 12.1 Å². The van der Waals surface area contributed by atoms with Gasteiger partial charge >= 0.3 is 0 Å². The summed E-state index contributed by atoms with van der Waals surface area (Å²) in [5, 5.41) is 17.0. The smallest absolute Gasteiger partial charge is 0.0991 e. The fraction of sp³-hybridized carbons (Fsp3) is 0.0845. The number of para-hydroxylation sites is 4. The minimum absolute atomic E-state index is 0.373. The molecule has 0 saturated heterocycles. The molecule has 2 heterocycles. The van der Waals surface area contributed by atoms with Crippen LogP contribution in [-0.2, 0) is 5.41 Å². The first-order valence-corrected chi connectivity index (χ1v) is 26.2. The topological polar surface area (TPSA) is 40.1 Å². The van der Waals surface area contributed by atoms with Crippen molar-refractivity contribution in [3.05, 3.63) is 264 Å². The molecular weight excluding hydrogens is 923 g/mol. The Morgan fingerprint density at radius 1 is 0.382 bits per heavy atom. The summed E-state index contributed by atoms with van der Waals surface area (Å²) in [6, 6.07) is 86.6. The van der Waals surface area contributed by atoms with Gasteiger partial charge in [-0.05, 0) is 163 Å². The molecule has 0 aliphatic heterocycles. The fourth-order valence-corrected chi connectivity index (χ4v) is 12.5. The lowest BCUT2D eigenvalue weighted by Crippen LogP contribution is -2.18. The van der Waals surface area contributed by atoms with E-state index in [0.29, 0.717) is 5.56 Å². The molecule has 5 nitrogen and oxygen atoms in total. The lowest BCUT2D eigenvalue weighted by Gasteiger charge is -2.31. The predicted molar refractivity (Wildman–Crippen MR) is 318 cm³/mol. The van der Waals surface area contributed by atoms with E-state index in [0.717, 1.165) is 56.5 Å². The average molecular weight is 976 g/mol. The molecule has 13 aromatic rings. The van der Waals surface area contributed by atoms with Crippen LogP contribution in [0.25, 0.3) is 76.9 Å². The molecule has 0 bridgehead atoms. The van der Waals surface area contributed by atoms with Crippen molar-refractivity contribution < 1.29 is 0 Å². The van der Waals surface area contributed by atoms with E-state index in [9.17, 15) is 5.26 Å². The van der Waals surface area contributed by atoms with Crippen LogP contribution in [0.5, 0.6) is 0 Å². The molecule has 2 aromatic heterocycles. The molecule has 0 radical (unpaired) electrons. The standard InChI is InChI=1S/C71H53N5/c1-45-26-30-49(31-27-45)74-65-24-14-10-18-54(65)57-37-34-52(41-67(57)74)73(63-22-12-6-16-46(63)2)51-36-39-60-61(40-51)71(4,5)62-43-69(56-20-8-9-21-59(56)70(60)62)76(64-23-13-7-17-47(64)3)53-35-38-58-55-19-11-15-25-66(55)75(68(58)42-53)50-32-28-48(44-72)29-33-50/h6-43H,1-5H3. The quantitative estimate of drug-likeness (QED) is 0.152. The van der Waals surface area contributed by atoms with E-state index in [1.54, 1.807) is 0 Å². The number of aromatic nitrogens is 2. The maximum Gasteiger partial charge on any atom is 0.0991 e. The number of aryl methyl sites for hydroxylation is 3. The zero-order chi connectivity index (χ0) is 51.4. The van der Waals surface area contributed by atoms with Crippen LogP contribution >= 0.6 is 0 Å². The van der Waals surface area contributed by atoms with Crippen LogP contribution in [-0.4, -0.2) is 9.13 Å². The fourth-order valence-electron chi connectivity index (χ4n) is 12.5. The van der Waals surface area contributed by atoms with Crippen molar-refractivity contribution in [3.8, 4) is 28.6 Å². The van der Waals surface area contributed by atoms with Gasteiger partial charge in [-0.15, -0.1) is 0 Å². The summed E-state index contributed by atoms with van der Waals surface area (Å²) in [5.41, 5.74) is 22.4. The van der Waals surface area contributed by atoms with Gasteiger partial charge in [0.05, 0.1) is 39.4 Å². The second-order valence-electron chi connectivity index (χ2n) is 21.1. The molecular formula is C71H53N5. The highest BCUT2D eigenvalue weighted by Gasteiger charge is 2.39. The largest absolute Gasteiger partial charge is 0.310 e. The molecule has 76 heavy (non-hydrogen) atoms. The zero-order valence-electron chi connectivity index (χ0n) is 43.2. The Hall–Kier alpha value is -9.63. The minimum atomic E-state index is -0.373. The molecule has 0 N–H and O–H groups in total. The summed E-state index contributed by atoms with van der Waals surface area (Å²) >= 11 is 0. The van der Waals surface area contributed by atoms with Gasteiger partial charge in [0.25, 0.3) is 0 Å². The second-order valence-corrected chi connectivity index (χ2v) is 21.1. The Morgan fingerprint density at radius 3 is 1.42 bits per heavy atom. The monoisotopic (exact) mass is 975 g/mol. The maximum absolute atomic E-state index is 9.71. The van der Waals surface area contributed by atoms with Crippen LogP contribution in [0.2, 0.25) is 0 Å². The molecule has 0 fully saturated rings. The SMILES string of the molecule is Cc1ccc(-n2c3ccccc3c3ccc(N(c4ccc5c(c4)C(C)(C)c4cc(N(c6ccc7c8ccccc8n(-c8ccc(C#N)cc8)c7c6)c6ccccc6C)c6ccccc6c4-5)c4ccccc4C)cc32)cc1. The Bertz CT molecular complexity index is 4540. The molecule has 1 aliphatic carbocycles. The zero-order valence-corrected chi connectivity index (χ0v) is 43.2. The number of benzene rings is 11. The molecule has 11 aromatic carbocycles. The normalized spacial score (nSPS) is 12.6. The van der Waals surface area contributed by atoms with Crippen molar-refractivity contribution in [1.82, 2.24) is 9.13 Å². The Kier molecular flexibility index (Phi) is 10.2. The summed E-state index contributed by atoms with van der Waals surface area (Å²) in [4.78, 5) is 4.94. The number of hydrogen-bond acceptors (Lipinski definition) is 3. The van der Waals surface area contributed by atoms with E-state index in [2.05, 4.69) is 278 Å². The Balaban J connectivity index is 0.957. The van der Waals surface area contributed by atoms with Gasteiger partial charge in [0.2, 0.25) is 0 Å². The first-order valence-electron chi connectivity index (χ1n) is 26.2. The van der Waals surface area contributed by atoms with Crippen molar-refractivity contribution in [3.63, 3.8) is 0 Å². The summed E-state index contributed by atoms with van der Waals surface area (Å²) in [6.45, 7) is 11.4. The van der Waals surface area contributed by atoms with Crippen LogP contribution in [0, 0.1) is 32.1 Å². The third kappa shape index (κ3) is 6.84. The van der Waals surface area contributed by atoms with E-state index < -0.39 is 0 Å². The van der Waals surface area contributed by atoms with Crippen molar-refractivity contribution in [2.45, 2.75) is 40.0 Å². The summed E-state index contributed by atoms with van der Waals surface area (Å²) in [7, 11) is 0. The number of rotatable bonds is 8. The highest BCUT2D eigenvalue weighted by Crippen LogP contribution is 2.56. The predicted octanol–water partition coefficient (Wildman–Crippen LogP) is 19.1. The summed E-state index contributed by atoms with van der Waals surface area (Å²) in [5.74, 6) is 0. The Morgan fingerprint density at radius 2 is 0.842 bits per heavy atom. The van der Waals surface area contributed by atoms with Crippen molar-refractivity contribution >= 4 is 88.5 Å². The molecule has 0 spiro atoms. The minimum Gasteiger partial charge on any atom is -0.310 e. The number of fused-ring (bicyclic) bond motifs is 11. The van der Waals surface area contributed by atoms with Crippen LogP contribution in [0.1, 0.15) is 47.2 Å². The third-order valence-electron chi connectivity index (χ3n) is 16.2. The van der Waals surface area contributed by atoms with Crippen LogP contribution in [0.3, 0.4) is 0 Å². The number of hydrogen-bond donors (Lipinski definition) is 0.